The van der Waals surface area contributed by atoms with Crippen molar-refractivity contribution in [2.75, 3.05) is 33.2 Å². The van der Waals surface area contributed by atoms with Crippen molar-refractivity contribution in [3.05, 3.63) is 68.7 Å². The molecule has 2 aromatic carbocycles. The Morgan fingerprint density at radius 3 is 2.40 bits per heavy atom. The zero-order chi connectivity index (χ0) is 24.4. The predicted molar refractivity (Wildman–Crippen MR) is 145 cm³/mol. The van der Waals surface area contributed by atoms with Gasteiger partial charge in [-0.05, 0) is 73.8 Å². The topological polar surface area (TPSA) is 52.7 Å². The van der Waals surface area contributed by atoms with Crippen LogP contribution in [-0.2, 0) is 4.79 Å². The largest absolute Gasteiger partial charge is 0.342 e. The number of likely N-dealkylation sites (tertiary alicyclic amines) is 1. The number of carbonyl (C=O) groups is 2. The standard InChI is InChI=1S/C26H30Cl3N3O2.ClH/c1-16-14-30-11-9-20(16)26(34)32-12-10-24(21(15-32)18-5-8-22(28)23(29)13-18)31(2)25(33)17-3-6-19(27)7-4-17;/h3-8,13,16,20-21,24,30H,9-12,14-15H2,1-2H3;1H/t16?,20?,21-,24+;/m0./s1. The molecule has 0 aromatic heterocycles. The first-order valence-electron chi connectivity index (χ1n) is 11.7. The Kier molecular flexibility index (Phi) is 9.75. The molecule has 4 atom stereocenters. The second-order valence-corrected chi connectivity index (χ2v) is 10.7. The van der Waals surface area contributed by atoms with E-state index in [1.807, 2.05) is 24.1 Å². The average Bonchev–Trinajstić information content (AvgIpc) is 2.85. The number of benzene rings is 2. The number of carbonyl (C=O) groups excluding carboxylic acids is 2. The van der Waals surface area contributed by atoms with Gasteiger partial charge in [0.15, 0.2) is 0 Å². The summed E-state index contributed by atoms with van der Waals surface area (Å²) in [6.07, 6.45) is 1.54. The van der Waals surface area contributed by atoms with E-state index >= 15 is 0 Å². The van der Waals surface area contributed by atoms with E-state index in [1.54, 1.807) is 35.2 Å². The van der Waals surface area contributed by atoms with Crippen LogP contribution in [0.3, 0.4) is 0 Å². The fraction of sp³-hybridized carbons (Fsp3) is 0.462. The summed E-state index contributed by atoms with van der Waals surface area (Å²) in [4.78, 5) is 30.6. The molecule has 0 saturated carbocycles. The van der Waals surface area contributed by atoms with Crippen LogP contribution in [0.25, 0.3) is 0 Å². The molecule has 2 aromatic rings. The number of likely N-dealkylation sites (N-methyl/N-ethyl adjacent to an activating group) is 1. The monoisotopic (exact) mass is 557 g/mol. The van der Waals surface area contributed by atoms with Gasteiger partial charge in [0.05, 0.1) is 10.0 Å². The molecule has 0 spiro atoms. The Balaban J connectivity index is 0.00000342. The third kappa shape index (κ3) is 6.26. The van der Waals surface area contributed by atoms with Crippen molar-refractivity contribution in [3.8, 4) is 0 Å². The molecular weight excluding hydrogens is 528 g/mol. The maximum Gasteiger partial charge on any atom is 0.253 e. The average molecular weight is 559 g/mol. The maximum absolute atomic E-state index is 13.5. The van der Waals surface area contributed by atoms with E-state index in [-0.39, 0.29) is 42.1 Å². The van der Waals surface area contributed by atoms with Gasteiger partial charge in [0.25, 0.3) is 5.91 Å². The molecule has 2 aliphatic rings. The third-order valence-corrected chi connectivity index (χ3v) is 8.26. The van der Waals surface area contributed by atoms with E-state index in [9.17, 15) is 9.59 Å². The number of hydrogen-bond acceptors (Lipinski definition) is 3. The summed E-state index contributed by atoms with van der Waals surface area (Å²) in [7, 11) is 1.83. The van der Waals surface area contributed by atoms with Crippen LogP contribution in [0, 0.1) is 11.8 Å². The van der Waals surface area contributed by atoms with Gasteiger partial charge in [-0.3, -0.25) is 9.59 Å². The van der Waals surface area contributed by atoms with Crippen LogP contribution >= 0.6 is 47.2 Å². The van der Waals surface area contributed by atoms with Crippen molar-refractivity contribution >= 4 is 59.0 Å². The minimum absolute atomic E-state index is 0. The fourth-order valence-electron chi connectivity index (χ4n) is 5.24. The molecule has 5 nitrogen and oxygen atoms in total. The van der Waals surface area contributed by atoms with E-state index in [0.29, 0.717) is 46.1 Å². The van der Waals surface area contributed by atoms with Crippen molar-refractivity contribution in [1.29, 1.82) is 0 Å². The summed E-state index contributed by atoms with van der Waals surface area (Å²) in [5.41, 5.74) is 1.56. The summed E-state index contributed by atoms with van der Waals surface area (Å²) < 4.78 is 0. The highest BCUT2D eigenvalue weighted by Gasteiger charge is 2.39. The van der Waals surface area contributed by atoms with Crippen LogP contribution < -0.4 is 5.32 Å². The molecular formula is C26H31Cl4N3O2. The first kappa shape index (κ1) is 28.1. The summed E-state index contributed by atoms with van der Waals surface area (Å²) in [5.74, 6) is 0.394. The molecule has 2 heterocycles. The minimum Gasteiger partial charge on any atom is -0.342 e. The molecule has 1 N–H and O–H groups in total. The second-order valence-electron chi connectivity index (χ2n) is 9.42. The van der Waals surface area contributed by atoms with Gasteiger partial charge >= 0.3 is 0 Å². The second kappa shape index (κ2) is 12.2. The number of nitrogens with zero attached hydrogens (tertiary/aromatic N) is 2. The number of hydrogen-bond donors (Lipinski definition) is 1. The molecule has 2 fully saturated rings. The Bertz CT molecular complexity index is 1050. The Morgan fingerprint density at radius 1 is 1.03 bits per heavy atom. The lowest BCUT2D eigenvalue weighted by Crippen LogP contribution is -2.54. The number of halogens is 4. The molecule has 2 unspecified atom stereocenters. The highest BCUT2D eigenvalue weighted by atomic mass is 35.5. The zero-order valence-corrected chi connectivity index (χ0v) is 22.9. The number of amides is 2. The number of rotatable bonds is 4. The Labute approximate surface area is 228 Å². The first-order valence-corrected chi connectivity index (χ1v) is 12.9. The maximum atomic E-state index is 13.5. The summed E-state index contributed by atoms with van der Waals surface area (Å²) >= 11 is 18.5. The van der Waals surface area contributed by atoms with Gasteiger partial charge in [-0.1, -0.05) is 47.8 Å². The molecule has 0 bridgehead atoms. The van der Waals surface area contributed by atoms with Crippen LogP contribution in [0.4, 0.5) is 0 Å². The molecule has 2 amide bonds. The van der Waals surface area contributed by atoms with E-state index in [0.717, 1.165) is 25.1 Å². The van der Waals surface area contributed by atoms with Gasteiger partial charge in [-0.25, -0.2) is 0 Å². The van der Waals surface area contributed by atoms with Gasteiger partial charge < -0.3 is 15.1 Å². The molecule has 35 heavy (non-hydrogen) atoms. The van der Waals surface area contributed by atoms with Gasteiger partial charge in [0.1, 0.15) is 0 Å². The highest BCUT2D eigenvalue weighted by Crippen LogP contribution is 2.36. The molecule has 0 radical (unpaired) electrons. The summed E-state index contributed by atoms with van der Waals surface area (Å²) in [6.45, 7) is 5.02. The number of nitrogens with one attached hydrogen (secondary N) is 1. The zero-order valence-electron chi connectivity index (χ0n) is 19.8. The molecule has 4 rings (SSSR count). The van der Waals surface area contributed by atoms with Crippen molar-refractivity contribution in [2.24, 2.45) is 11.8 Å². The molecule has 9 heteroatoms. The quantitative estimate of drug-likeness (QED) is 0.518. The lowest BCUT2D eigenvalue weighted by molar-refractivity contribution is -0.139. The fourth-order valence-corrected chi connectivity index (χ4v) is 5.67. The lowest BCUT2D eigenvalue weighted by atomic mass is 9.82. The van der Waals surface area contributed by atoms with Crippen LogP contribution in [0.2, 0.25) is 15.1 Å². The molecule has 190 valence electrons. The molecule has 2 aliphatic heterocycles. The number of piperidine rings is 2. The summed E-state index contributed by atoms with van der Waals surface area (Å²) in [6, 6.07) is 12.4. The summed E-state index contributed by atoms with van der Waals surface area (Å²) in [5, 5.41) is 4.92. The van der Waals surface area contributed by atoms with Gasteiger partial charge in [0.2, 0.25) is 5.91 Å². The van der Waals surface area contributed by atoms with Crippen LogP contribution in [0.15, 0.2) is 42.5 Å². The van der Waals surface area contributed by atoms with Crippen LogP contribution in [-0.4, -0.2) is 60.9 Å². The van der Waals surface area contributed by atoms with E-state index in [1.165, 1.54) is 0 Å². The van der Waals surface area contributed by atoms with Crippen molar-refractivity contribution < 1.29 is 9.59 Å². The van der Waals surface area contributed by atoms with Crippen LogP contribution in [0.5, 0.6) is 0 Å². The Morgan fingerprint density at radius 2 is 1.74 bits per heavy atom. The van der Waals surface area contributed by atoms with E-state index < -0.39 is 0 Å². The SMILES string of the molecule is CC1CNCCC1C(=O)N1CC[C@@H](N(C)C(=O)c2ccc(Cl)cc2)[C@H](c2ccc(Cl)c(Cl)c2)C1.Cl. The van der Waals surface area contributed by atoms with Gasteiger partial charge in [-0.15, -0.1) is 12.4 Å². The highest BCUT2D eigenvalue weighted by molar-refractivity contribution is 6.42. The minimum atomic E-state index is -0.0880. The van der Waals surface area contributed by atoms with Gasteiger partial charge in [0, 0.05) is 48.6 Å². The normalized spacial score (nSPS) is 24.4. The van der Waals surface area contributed by atoms with Crippen molar-refractivity contribution in [2.45, 2.75) is 31.7 Å². The van der Waals surface area contributed by atoms with E-state index in [2.05, 4.69) is 12.2 Å². The van der Waals surface area contributed by atoms with Crippen LogP contribution in [0.1, 0.15) is 41.6 Å². The molecule has 2 saturated heterocycles. The smallest absolute Gasteiger partial charge is 0.253 e. The van der Waals surface area contributed by atoms with Crippen molar-refractivity contribution in [1.82, 2.24) is 15.1 Å². The Hall–Kier alpha value is -1.50. The predicted octanol–water partition coefficient (Wildman–Crippen LogP) is 5.77. The van der Waals surface area contributed by atoms with Gasteiger partial charge in [-0.2, -0.15) is 0 Å². The van der Waals surface area contributed by atoms with E-state index in [4.69, 9.17) is 34.8 Å². The third-order valence-electron chi connectivity index (χ3n) is 7.27. The molecule has 0 aliphatic carbocycles. The first-order chi connectivity index (χ1) is 16.3. The lowest BCUT2D eigenvalue weighted by Gasteiger charge is -2.44. The van der Waals surface area contributed by atoms with Crippen molar-refractivity contribution in [3.63, 3.8) is 0 Å².